The summed E-state index contributed by atoms with van der Waals surface area (Å²) in [4.78, 5) is 58.0. The number of carbonyl (C=O) groups is 4. The molecule has 1 saturated carbocycles. The van der Waals surface area contributed by atoms with Gasteiger partial charge in [-0.15, -0.1) is 10.2 Å². The van der Waals surface area contributed by atoms with Gasteiger partial charge in [0.15, 0.2) is 0 Å². The summed E-state index contributed by atoms with van der Waals surface area (Å²) in [7, 11) is 1.58. The summed E-state index contributed by atoms with van der Waals surface area (Å²) in [6.45, 7) is 0.976. The molecule has 2 aliphatic heterocycles. The number of carbonyl (C=O) groups excluding carboxylic acids is 4. The molecule has 6 rings (SSSR count). The van der Waals surface area contributed by atoms with E-state index in [1.165, 1.54) is 0 Å². The predicted octanol–water partition coefficient (Wildman–Crippen LogP) is 1.69. The highest BCUT2D eigenvalue weighted by Crippen LogP contribution is 2.43. The molecule has 3 N–H and O–H groups in total. The number of likely N-dealkylation sites (tertiary alicyclic amines) is 1. The molecule has 3 fully saturated rings. The number of hydrogen-bond acceptors (Lipinski definition) is 8. The zero-order valence-electron chi connectivity index (χ0n) is 21.5. The molecule has 5 atom stereocenters. The Morgan fingerprint density at radius 1 is 1.26 bits per heavy atom. The molecule has 3 amide bonds. The van der Waals surface area contributed by atoms with Gasteiger partial charge in [0.25, 0.3) is 11.8 Å². The van der Waals surface area contributed by atoms with E-state index in [4.69, 9.17) is 9.15 Å². The van der Waals surface area contributed by atoms with Crippen molar-refractivity contribution >= 4 is 34.4 Å². The van der Waals surface area contributed by atoms with Crippen LogP contribution >= 0.6 is 0 Å². The van der Waals surface area contributed by atoms with E-state index in [-0.39, 0.29) is 36.0 Å². The minimum Gasteiger partial charge on any atom is -0.496 e. The monoisotopic (exact) mass is 534 g/mol. The van der Waals surface area contributed by atoms with Crippen molar-refractivity contribution in [3.63, 3.8) is 0 Å². The van der Waals surface area contributed by atoms with Crippen molar-refractivity contribution in [2.75, 3.05) is 20.2 Å². The van der Waals surface area contributed by atoms with Crippen molar-refractivity contribution in [3.8, 4) is 5.75 Å². The van der Waals surface area contributed by atoms with Gasteiger partial charge in [0.2, 0.25) is 24.0 Å². The van der Waals surface area contributed by atoms with Crippen molar-refractivity contribution in [2.24, 2.45) is 17.8 Å². The van der Waals surface area contributed by atoms with E-state index in [1.807, 2.05) is 18.2 Å². The van der Waals surface area contributed by atoms with E-state index < -0.39 is 29.7 Å². The average Bonchev–Trinajstić information content (AvgIpc) is 3.75. The maximum absolute atomic E-state index is 13.9. The zero-order valence-corrected chi connectivity index (χ0v) is 21.5. The molecule has 39 heavy (non-hydrogen) atoms. The number of nitrogens with zero attached hydrogens (tertiary/aromatic N) is 3. The summed E-state index contributed by atoms with van der Waals surface area (Å²) in [5, 5.41) is 13.7. The lowest BCUT2D eigenvalue weighted by Gasteiger charge is -2.29. The number of nitrogens with one attached hydrogen (secondary N) is 3. The third kappa shape index (κ3) is 4.53. The van der Waals surface area contributed by atoms with Crippen LogP contribution in [0.15, 0.2) is 35.1 Å². The molecule has 204 valence electrons. The van der Waals surface area contributed by atoms with Gasteiger partial charge in [0.1, 0.15) is 17.5 Å². The summed E-state index contributed by atoms with van der Waals surface area (Å²) in [5.74, 6) is -1.23. The maximum atomic E-state index is 13.9. The fourth-order valence-electron chi connectivity index (χ4n) is 6.50. The van der Waals surface area contributed by atoms with Crippen LogP contribution in [0, 0.1) is 17.8 Å². The maximum Gasteiger partial charge on any atom is 0.286 e. The number of Topliss-reactive ketones (excluding diaryl/α,β-unsaturated/α-hetero) is 1. The molecule has 0 bridgehead atoms. The van der Waals surface area contributed by atoms with Crippen molar-refractivity contribution in [3.05, 3.63) is 42.2 Å². The Labute approximate surface area is 223 Å². The molecule has 2 saturated heterocycles. The van der Waals surface area contributed by atoms with Crippen LogP contribution in [-0.4, -0.2) is 75.9 Å². The molecule has 2 aromatic heterocycles. The van der Waals surface area contributed by atoms with E-state index in [0.717, 1.165) is 36.6 Å². The minimum absolute atomic E-state index is 0.0122. The van der Waals surface area contributed by atoms with Crippen LogP contribution in [0.5, 0.6) is 5.75 Å². The number of aromatic nitrogens is 3. The average molecular weight is 535 g/mol. The van der Waals surface area contributed by atoms with E-state index in [0.29, 0.717) is 31.0 Å². The molecule has 0 unspecified atom stereocenters. The Bertz CT molecular complexity index is 1420. The molecular formula is C27H30N6O6. The number of rotatable bonds is 8. The van der Waals surface area contributed by atoms with E-state index in [9.17, 15) is 19.2 Å². The molecule has 0 radical (unpaired) electrons. The molecule has 3 aromatic rings. The van der Waals surface area contributed by atoms with Gasteiger partial charge in [-0.25, -0.2) is 0 Å². The number of fused-ring (bicyclic) bond motifs is 2. The topological polar surface area (TPSA) is 160 Å². The highest BCUT2D eigenvalue weighted by atomic mass is 16.5. The van der Waals surface area contributed by atoms with E-state index in [1.54, 1.807) is 18.1 Å². The van der Waals surface area contributed by atoms with Crippen LogP contribution in [0.1, 0.15) is 53.3 Å². The van der Waals surface area contributed by atoms with Crippen molar-refractivity contribution in [1.82, 2.24) is 30.7 Å². The van der Waals surface area contributed by atoms with Gasteiger partial charge >= 0.3 is 0 Å². The highest BCUT2D eigenvalue weighted by molar-refractivity contribution is 6.03. The number of aromatic amines is 1. The van der Waals surface area contributed by atoms with Crippen LogP contribution < -0.4 is 15.4 Å². The van der Waals surface area contributed by atoms with E-state index >= 15 is 0 Å². The van der Waals surface area contributed by atoms with E-state index in [2.05, 4.69) is 25.8 Å². The van der Waals surface area contributed by atoms with Crippen molar-refractivity contribution in [1.29, 1.82) is 0 Å². The molecular weight excluding hydrogens is 504 g/mol. The highest BCUT2D eigenvalue weighted by Gasteiger charge is 2.50. The van der Waals surface area contributed by atoms with Gasteiger partial charge < -0.3 is 29.7 Å². The molecule has 4 heterocycles. The summed E-state index contributed by atoms with van der Waals surface area (Å²) in [6.07, 6.45) is 4.45. The molecule has 1 aromatic carbocycles. The first-order valence-electron chi connectivity index (χ1n) is 13.3. The zero-order chi connectivity index (χ0) is 27.1. The molecule has 1 aliphatic carbocycles. The fraction of sp³-hybridized carbons (Fsp3) is 0.481. The normalized spacial score (nSPS) is 24.9. The number of H-pyrrole nitrogens is 1. The number of ether oxygens (including phenoxy) is 1. The van der Waals surface area contributed by atoms with Gasteiger partial charge in [-0.3, -0.25) is 19.2 Å². The first-order chi connectivity index (χ1) is 18.9. The summed E-state index contributed by atoms with van der Waals surface area (Å²) >= 11 is 0. The standard InChI is InChI=1S/C27H30N6O6/c1-38-21-7-3-6-18-17(21)11-20(30-18)27(37)33-12-15-4-2-5-16(15)22(33)25(36)31-19(10-14-8-9-28-24(14)35)23(34)26-32-29-13-39-26/h3,6-7,11,13-16,19,22,30H,2,4-5,8-10,12H2,1H3,(H,28,35)(H,31,36)/t14-,15-,16-,19-,22-/m0/s1. The van der Waals surface area contributed by atoms with Gasteiger partial charge in [0, 0.05) is 29.9 Å². The van der Waals surface area contributed by atoms with Gasteiger partial charge in [-0.2, -0.15) is 0 Å². The SMILES string of the molecule is COc1cccc2[nH]c(C(=O)N3C[C@@H]4CCC[C@@H]4[C@H]3C(=O)N[C@@H](C[C@@H]3CCNC3=O)C(=O)c3nnco3)cc12. The molecule has 3 aliphatic rings. The van der Waals surface area contributed by atoms with Crippen LogP contribution in [0.4, 0.5) is 0 Å². The summed E-state index contributed by atoms with van der Waals surface area (Å²) < 4.78 is 10.5. The Morgan fingerprint density at radius 2 is 2.13 bits per heavy atom. The van der Waals surface area contributed by atoms with Crippen LogP contribution in [0.25, 0.3) is 10.9 Å². The smallest absolute Gasteiger partial charge is 0.286 e. The second-order valence-corrected chi connectivity index (χ2v) is 10.5. The third-order valence-corrected chi connectivity index (χ3v) is 8.38. The Hall–Kier alpha value is -4.22. The van der Waals surface area contributed by atoms with Crippen LogP contribution in [0.2, 0.25) is 0 Å². The molecule has 0 spiro atoms. The summed E-state index contributed by atoms with van der Waals surface area (Å²) in [6, 6.07) is 5.50. The largest absolute Gasteiger partial charge is 0.496 e. The fourth-order valence-corrected chi connectivity index (χ4v) is 6.50. The first kappa shape index (κ1) is 25.1. The Morgan fingerprint density at radius 3 is 2.87 bits per heavy atom. The lowest BCUT2D eigenvalue weighted by Crippen LogP contribution is -2.53. The molecule has 12 nitrogen and oxygen atoms in total. The number of amides is 3. The third-order valence-electron chi connectivity index (χ3n) is 8.38. The van der Waals surface area contributed by atoms with Gasteiger partial charge in [0.05, 0.1) is 13.2 Å². The summed E-state index contributed by atoms with van der Waals surface area (Å²) in [5.41, 5.74) is 1.13. The van der Waals surface area contributed by atoms with Crippen molar-refractivity contribution < 1.29 is 28.3 Å². The number of benzene rings is 1. The lowest BCUT2D eigenvalue weighted by molar-refractivity contribution is -0.127. The molecule has 12 heteroatoms. The quantitative estimate of drug-likeness (QED) is 0.368. The van der Waals surface area contributed by atoms with Crippen molar-refractivity contribution in [2.45, 2.75) is 44.2 Å². The second kappa shape index (κ2) is 10.2. The Balaban J connectivity index is 1.28. The van der Waals surface area contributed by atoms with Gasteiger partial charge in [-0.1, -0.05) is 12.5 Å². The van der Waals surface area contributed by atoms with Crippen LogP contribution in [-0.2, 0) is 9.59 Å². The second-order valence-electron chi connectivity index (χ2n) is 10.5. The Kier molecular flexibility index (Phi) is 6.53. The number of ketones is 1. The van der Waals surface area contributed by atoms with Crippen LogP contribution in [0.3, 0.4) is 0 Å². The minimum atomic E-state index is -1.04. The number of hydrogen-bond donors (Lipinski definition) is 3. The number of methoxy groups -OCH3 is 1. The lowest BCUT2D eigenvalue weighted by atomic mass is 9.92. The first-order valence-corrected chi connectivity index (χ1v) is 13.3. The predicted molar refractivity (Wildman–Crippen MR) is 137 cm³/mol. The van der Waals surface area contributed by atoms with Gasteiger partial charge in [-0.05, 0) is 55.7 Å².